The van der Waals surface area contributed by atoms with Crippen LogP contribution in [-0.2, 0) is 9.59 Å². The van der Waals surface area contributed by atoms with Gasteiger partial charge < -0.3 is 15.1 Å². The lowest BCUT2D eigenvalue weighted by Gasteiger charge is -2.27. The van der Waals surface area contributed by atoms with Gasteiger partial charge in [-0.15, -0.1) is 0 Å². The van der Waals surface area contributed by atoms with Crippen LogP contribution in [0, 0.1) is 12.8 Å². The molecule has 1 saturated heterocycles. The van der Waals surface area contributed by atoms with Crippen molar-refractivity contribution in [2.75, 3.05) is 13.2 Å². The lowest BCUT2D eigenvalue weighted by Crippen LogP contribution is -2.32. The van der Waals surface area contributed by atoms with Crippen LogP contribution < -0.4 is 0 Å². The maximum Gasteiger partial charge on any atom is 0.305 e. The number of nitrogens with zero attached hydrogens (tertiary/aromatic N) is 1. The summed E-state index contributed by atoms with van der Waals surface area (Å²) in [6.07, 6.45) is 0.172. The summed E-state index contributed by atoms with van der Waals surface area (Å²) in [5, 5.41) is 18.3. The minimum atomic E-state index is -0.934. The van der Waals surface area contributed by atoms with E-state index >= 15 is 0 Å². The van der Waals surface area contributed by atoms with E-state index in [0.29, 0.717) is 13.0 Å². The zero-order valence-corrected chi connectivity index (χ0v) is 11.5. The van der Waals surface area contributed by atoms with Crippen molar-refractivity contribution in [3.8, 4) is 0 Å². The molecule has 2 unspecified atom stereocenters. The van der Waals surface area contributed by atoms with Crippen LogP contribution in [0.4, 0.5) is 0 Å². The number of benzene rings is 1. The highest BCUT2D eigenvalue weighted by Crippen LogP contribution is 2.31. The Kier molecular flexibility index (Phi) is 4.39. The number of aryl methyl sites for hydroxylation is 1. The van der Waals surface area contributed by atoms with Crippen molar-refractivity contribution in [2.24, 2.45) is 5.92 Å². The molecule has 0 aromatic heterocycles. The molecule has 5 heteroatoms. The smallest absolute Gasteiger partial charge is 0.305 e. The van der Waals surface area contributed by atoms with Gasteiger partial charge in [0.15, 0.2) is 0 Å². The number of rotatable bonds is 5. The average molecular weight is 277 g/mol. The van der Waals surface area contributed by atoms with Gasteiger partial charge >= 0.3 is 5.97 Å². The van der Waals surface area contributed by atoms with Crippen molar-refractivity contribution >= 4 is 11.9 Å². The first-order valence-electron chi connectivity index (χ1n) is 6.70. The van der Waals surface area contributed by atoms with Crippen LogP contribution in [0.2, 0.25) is 0 Å². The molecule has 1 aliphatic heterocycles. The second-order valence-electron chi connectivity index (χ2n) is 5.33. The fourth-order valence-electron chi connectivity index (χ4n) is 2.68. The molecule has 1 aliphatic rings. The van der Waals surface area contributed by atoms with E-state index in [2.05, 4.69) is 0 Å². The first-order chi connectivity index (χ1) is 9.51. The molecular formula is C15H19NO4. The molecule has 1 aromatic carbocycles. The highest BCUT2D eigenvalue weighted by Gasteiger charge is 2.35. The number of carboxylic acids is 1. The van der Waals surface area contributed by atoms with Crippen LogP contribution >= 0.6 is 0 Å². The van der Waals surface area contributed by atoms with Crippen LogP contribution in [0.25, 0.3) is 0 Å². The minimum absolute atomic E-state index is 0.0458. The summed E-state index contributed by atoms with van der Waals surface area (Å²) >= 11 is 0. The Balaban J connectivity index is 2.28. The lowest BCUT2D eigenvalue weighted by atomic mass is 10.0. The monoisotopic (exact) mass is 277 g/mol. The maximum absolute atomic E-state index is 12.0. The number of carbonyl (C=O) groups is 2. The Labute approximate surface area is 117 Å². The van der Waals surface area contributed by atoms with E-state index < -0.39 is 12.0 Å². The first kappa shape index (κ1) is 14.5. The third-order valence-electron chi connectivity index (χ3n) is 3.67. The van der Waals surface area contributed by atoms with Gasteiger partial charge in [0.2, 0.25) is 5.91 Å². The second-order valence-corrected chi connectivity index (χ2v) is 5.33. The molecule has 2 atom stereocenters. The largest absolute Gasteiger partial charge is 0.481 e. The summed E-state index contributed by atoms with van der Waals surface area (Å²) < 4.78 is 0. The summed E-state index contributed by atoms with van der Waals surface area (Å²) in [5.74, 6) is -1.11. The maximum atomic E-state index is 12.0. The van der Waals surface area contributed by atoms with Gasteiger partial charge in [0.05, 0.1) is 12.5 Å². The highest BCUT2D eigenvalue weighted by molar-refractivity contribution is 5.80. The van der Waals surface area contributed by atoms with Gasteiger partial charge in [0.25, 0.3) is 0 Å². The number of likely N-dealkylation sites (tertiary alicyclic amines) is 1. The molecule has 0 aliphatic carbocycles. The summed E-state index contributed by atoms with van der Waals surface area (Å²) in [5.41, 5.74) is 1.86. The van der Waals surface area contributed by atoms with Crippen LogP contribution in [0.3, 0.4) is 0 Å². The zero-order chi connectivity index (χ0) is 14.7. The van der Waals surface area contributed by atoms with E-state index in [0.717, 1.165) is 11.1 Å². The average Bonchev–Trinajstić information content (AvgIpc) is 2.77. The summed E-state index contributed by atoms with van der Waals surface area (Å²) in [4.78, 5) is 24.7. The number of amides is 1. The van der Waals surface area contributed by atoms with E-state index in [-0.39, 0.29) is 24.9 Å². The van der Waals surface area contributed by atoms with Gasteiger partial charge in [0.1, 0.15) is 0 Å². The number of aliphatic carboxylic acids is 1. The van der Waals surface area contributed by atoms with Crippen molar-refractivity contribution < 1.29 is 19.8 Å². The minimum Gasteiger partial charge on any atom is -0.481 e. The van der Waals surface area contributed by atoms with Gasteiger partial charge in [-0.3, -0.25) is 9.59 Å². The Morgan fingerprint density at radius 1 is 1.50 bits per heavy atom. The Morgan fingerprint density at radius 3 is 2.80 bits per heavy atom. The molecule has 1 aromatic rings. The molecule has 0 saturated carbocycles. The standard InChI is InChI=1S/C15H19NO4/c1-10-3-2-4-12(5-10)13(7-15(19)20)16-8-11(9-17)6-14(16)18/h2-5,11,13,17H,6-9H2,1H3,(H,19,20). The van der Waals surface area contributed by atoms with Gasteiger partial charge in [-0.25, -0.2) is 0 Å². The molecule has 2 N–H and O–H groups in total. The number of aliphatic hydroxyl groups excluding tert-OH is 1. The van der Waals surface area contributed by atoms with E-state index in [1.54, 1.807) is 4.90 Å². The highest BCUT2D eigenvalue weighted by atomic mass is 16.4. The Bertz CT molecular complexity index is 514. The third-order valence-corrected chi connectivity index (χ3v) is 3.67. The van der Waals surface area contributed by atoms with Crippen molar-refractivity contribution in [3.63, 3.8) is 0 Å². The molecule has 20 heavy (non-hydrogen) atoms. The van der Waals surface area contributed by atoms with Crippen molar-refractivity contribution in [1.82, 2.24) is 4.90 Å². The number of carbonyl (C=O) groups excluding carboxylic acids is 1. The predicted octanol–water partition coefficient (Wildman–Crippen LogP) is 1.35. The molecule has 0 spiro atoms. The van der Waals surface area contributed by atoms with Crippen molar-refractivity contribution in [1.29, 1.82) is 0 Å². The SMILES string of the molecule is Cc1cccc(C(CC(=O)O)N2CC(CO)CC2=O)c1. The molecular weight excluding hydrogens is 258 g/mol. The van der Waals surface area contributed by atoms with Gasteiger partial charge in [-0.2, -0.15) is 0 Å². The van der Waals surface area contributed by atoms with E-state index in [4.69, 9.17) is 5.11 Å². The molecule has 1 heterocycles. The molecule has 0 radical (unpaired) electrons. The van der Waals surface area contributed by atoms with Crippen molar-refractivity contribution in [2.45, 2.75) is 25.8 Å². The second kappa shape index (κ2) is 6.05. The van der Waals surface area contributed by atoms with E-state index in [1.807, 2.05) is 31.2 Å². The zero-order valence-electron chi connectivity index (χ0n) is 11.5. The fourth-order valence-corrected chi connectivity index (χ4v) is 2.68. The van der Waals surface area contributed by atoms with Crippen molar-refractivity contribution in [3.05, 3.63) is 35.4 Å². The molecule has 0 bridgehead atoms. The van der Waals surface area contributed by atoms with E-state index in [9.17, 15) is 14.7 Å². The van der Waals surface area contributed by atoms with Crippen LogP contribution in [0.5, 0.6) is 0 Å². The molecule has 108 valence electrons. The summed E-state index contributed by atoms with van der Waals surface area (Å²) in [7, 11) is 0. The molecule has 5 nitrogen and oxygen atoms in total. The Hall–Kier alpha value is -1.88. The first-order valence-corrected chi connectivity index (χ1v) is 6.70. The van der Waals surface area contributed by atoms with Crippen LogP contribution in [0.1, 0.15) is 30.0 Å². The van der Waals surface area contributed by atoms with Gasteiger partial charge in [-0.1, -0.05) is 29.8 Å². The normalized spacial score (nSPS) is 20.2. The number of hydrogen-bond acceptors (Lipinski definition) is 3. The van der Waals surface area contributed by atoms with E-state index in [1.165, 1.54) is 0 Å². The molecule has 1 amide bonds. The number of hydrogen-bond donors (Lipinski definition) is 2. The summed E-state index contributed by atoms with van der Waals surface area (Å²) in [6.45, 7) is 2.31. The quantitative estimate of drug-likeness (QED) is 0.851. The van der Waals surface area contributed by atoms with Crippen LogP contribution in [0.15, 0.2) is 24.3 Å². The van der Waals surface area contributed by atoms with Gasteiger partial charge in [-0.05, 0) is 12.5 Å². The summed E-state index contributed by atoms with van der Waals surface area (Å²) in [6, 6.07) is 7.09. The van der Waals surface area contributed by atoms with Crippen LogP contribution in [-0.4, -0.2) is 40.1 Å². The van der Waals surface area contributed by atoms with Gasteiger partial charge in [0, 0.05) is 25.5 Å². The topological polar surface area (TPSA) is 77.8 Å². The number of carboxylic acid groups (broad SMARTS) is 1. The fraction of sp³-hybridized carbons (Fsp3) is 0.467. The number of aliphatic hydroxyl groups is 1. The molecule has 1 fully saturated rings. The third kappa shape index (κ3) is 3.17. The Morgan fingerprint density at radius 2 is 2.25 bits per heavy atom. The predicted molar refractivity (Wildman–Crippen MR) is 73.1 cm³/mol. The molecule has 2 rings (SSSR count). The lowest BCUT2D eigenvalue weighted by molar-refractivity contribution is -0.139.